The highest BCUT2D eigenvalue weighted by Crippen LogP contribution is 2.21. The minimum absolute atomic E-state index is 0.134. The first-order chi connectivity index (χ1) is 8.04. The highest BCUT2D eigenvalue weighted by molar-refractivity contribution is 6.31. The zero-order valence-electron chi connectivity index (χ0n) is 9.87. The summed E-state index contributed by atoms with van der Waals surface area (Å²) in [5.41, 5.74) is 0.757. The largest absolute Gasteiger partial charge is 0.478 e. The Bertz CT molecular complexity index is 395. The zero-order chi connectivity index (χ0) is 12.8. The van der Waals surface area contributed by atoms with Gasteiger partial charge in [0.05, 0.1) is 5.56 Å². The molecule has 5 heteroatoms. The fourth-order valence-corrected chi connectivity index (χ4v) is 1.62. The Balaban J connectivity index is 2.79. The standard InChI is InChI=1S/C12H16ClNO3/c1-8(5-6-17-2)14-11-4-3-9(13)7-10(11)12(15)16/h3-4,7-8,14H,5-6H2,1-2H3,(H,15,16). The number of hydrogen-bond donors (Lipinski definition) is 2. The van der Waals surface area contributed by atoms with Crippen molar-refractivity contribution in [3.05, 3.63) is 28.8 Å². The van der Waals surface area contributed by atoms with Crippen LogP contribution in [-0.2, 0) is 4.74 Å². The first-order valence-electron chi connectivity index (χ1n) is 5.33. The van der Waals surface area contributed by atoms with E-state index in [1.165, 1.54) is 6.07 Å². The first-order valence-corrected chi connectivity index (χ1v) is 5.70. The molecule has 0 saturated heterocycles. The molecule has 0 radical (unpaired) electrons. The fraction of sp³-hybridized carbons (Fsp3) is 0.417. The molecule has 1 unspecified atom stereocenters. The lowest BCUT2D eigenvalue weighted by molar-refractivity contribution is 0.0698. The summed E-state index contributed by atoms with van der Waals surface area (Å²) in [6, 6.07) is 4.92. The van der Waals surface area contributed by atoms with E-state index in [4.69, 9.17) is 21.4 Å². The molecule has 0 amide bonds. The van der Waals surface area contributed by atoms with Crippen LogP contribution >= 0.6 is 11.6 Å². The number of halogens is 1. The maximum atomic E-state index is 11.0. The van der Waals surface area contributed by atoms with Crippen LogP contribution in [0.3, 0.4) is 0 Å². The summed E-state index contributed by atoms with van der Waals surface area (Å²) >= 11 is 5.77. The SMILES string of the molecule is COCCC(C)Nc1ccc(Cl)cc1C(=O)O. The third-order valence-electron chi connectivity index (χ3n) is 2.37. The van der Waals surface area contributed by atoms with Crippen molar-refractivity contribution in [1.82, 2.24) is 0 Å². The first kappa shape index (κ1) is 13.8. The minimum Gasteiger partial charge on any atom is -0.478 e. The lowest BCUT2D eigenvalue weighted by atomic mass is 10.1. The van der Waals surface area contributed by atoms with E-state index >= 15 is 0 Å². The Hall–Kier alpha value is -1.26. The topological polar surface area (TPSA) is 58.6 Å². The summed E-state index contributed by atoms with van der Waals surface area (Å²) in [7, 11) is 1.64. The lowest BCUT2D eigenvalue weighted by Crippen LogP contribution is -2.19. The van der Waals surface area contributed by atoms with E-state index in [9.17, 15) is 4.79 Å². The van der Waals surface area contributed by atoms with Gasteiger partial charge in [-0.1, -0.05) is 11.6 Å². The number of rotatable bonds is 6. The van der Waals surface area contributed by atoms with E-state index in [2.05, 4.69) is 5.32 Å². The molecule has 94 valence electrons. The highest BCUT2D eigenvalue weighted by atomic mass is 35.5. The molecule has 1 aromatic rings. The third kappa shape index (κ3) is 4.24. The molecular formula is C12H16ClNO3. The van der Waals surface area contributed by atoms with Crippen LogP contribution in [0.5, 0.6) is 0 Å². The van der Waals surface area contributed by atoms with Crippen LogP contribution in [0, 0.1) is 0 Å². The maximum Gasteiger partial charge on any atom is 0.337 e. The monoisotopic (exact) mass is 257 g/mol. The summed E-state index contributed by atoms with van der Waals surface area (Å²) < 4.78 is 4.97. The smallest absolute Gasteiger partial charge is 0.337 e. The Morgan fingerprint density at radius 1 is 1.59 bits per heavy atom. The summed E-state index contributed by atoms with van der Waals surface area (Å²) in [4.78, 5) is 11.0. The van der Waals surface area contributed by atoms with Crippen molar-refractivity contribution in [2.24, 2.45) is 0 Å². The van der Waals surface area contributed by atoms with Gasteiger partial charge in [0.25, 0.3) is 0 Å². The molecule has 1 aromatic carbocycles. The third-order valence-corrected chi connectivity index (χ3v) is 2.60. The summed E-state index contributed by atoms with van der Waals surface area (Å²) in [5, 5.41) is 12.6. The van der Waals surface area contributed by atoms with Crippen LogP contribution in [0.4, 0.5) is 5.69 Å². The summed E-state index contributed by atoms with van der Waals surface area (Å²) in [5.74, 6) is -0.992. The van der Waals surface area contributed by atoms with Gasteiger partial charge >= 0.3 is 5.97 Å². The number of hydrogen-bond acceptors (Lipinski definition) is 3. The van der Waals surface area contributed by atoms with Crippen LogP contribution in [-0.4, -0.2) is 30.8 Å². The molecule has 0 aliphatic rings. The number of ether oxygens (including phenoxy) is 1. The number of methoxy groups -OCH3 is 1. The van der Waals surface area contributed by atoms with E-state index in [-0.39, 0.29) is 11.6 Å². The molecule has 1 atom stereocenters. The Morgan fingerprint density at radius 3 is 2.88 bits per heavy atom. The van der Waals surface area contributed by atoms with Crippen LogP contribution in [0.2, 0.25) is 5.02 Å². The zero-order valence-corrected chi connectivity index (χ0v) is 10.6. The van der Waals surface area contributed by atoms with Crippen molar-refractivity contribution < 1.29 is 14.6 Å². The van der Waals surface area contributed by atoms with Gasteiger partial charge < -0.3 is 15.2 Å². The van der Waals surface area contributed by atoms with E-state index in [0.717, 1.165) is 6.42 Å². The van der Waals surface area contributed by atoms with E-state index in [0.29, 0.717) is 17.3 Å². The fourth-order valence-electron chi connectivity index (χ4n) is 1.45. The minimum atomic E-state index is -0.992. The molecule has 0 saturated carbocycles. The number of anilines is 1. The second-order valence-corrected chi connectivity index (χ2v) is 4.26. The Morgan fingerprint density at radius 2 is 2.29 bits per heavy atom. The quantitative estimate of drug-likeness (QED) is 0.823. The van der Waals surface area contributed by atoms with Crippen LogP contribution < -0.4 is 5.32 Å². The van der Waals surface area contributed by atoms with Gasteiger partial charge in [0.1, 0.15) is 0 Å². The van der Waals surface area contributed by atoms with Gasteiger partial charge in [0.15, 0.2) is 0 Å². The highest BCUT2D eigenvalue weighted by Gasteiger charge is 2.12. The second-order valence-electron chi connectivity index (χ2n) is 3.82. The van der Waals surface area contributed by atoms with Crippen molar-refractivity contribution >= 4 is 23.3 Å². The van der Waals surface area contributed by atoms with Crippen LogP contribution in [0.1, 0.15) is 23.7 Å². The van der Waals surface area contributed by atoms with Crippen LogP contribution in [0.15, 0.2) is 18.2 Å². The van der Waals surface area contributed by atoms with Crippen molar-refractivity contribution in [1.29, 1.82) is 0 Å². The number of carboxylic acids is 1. The summed E-state index contributed by atoms with van der Waals surface area (Å²) in [6.07, 6.45) is 0.804. The molecule has 0 aromatic heterocycles. The molecule has 0 fully saturated rings. The van der Waals surface area contributed by atoms with Gasteiger partial charge in [-0.3, -0.25) is 0 Å². The molecule has 0 bridgehead atoms. The van der Waals surface area contributed by atoms with Gasteiger partial charge in [0, 0.05) is 30.5 Å². The van der Waals surface area contributed by atoms with Crippen molar-refractivity contribution in [2.75, 3.05) is 19.0 Å². The molecule has 0 aliphatic heterocycles. The molecule has 0 spiro atoms. The molecule has 0 aliphatic carbocycles. The van der Waals surface area contributed by atoms with Gasteiger partial charge in [-0.05, 0) is 31.5 Å². The van der Waals surface area contributed by atoms with Gasteiger partial charge in [-0.25, -0.2) is 4.79 Å². The van der Waals surface area contributed by atoms with E-state index in [1.54, 1.807) is 19.2 Å². The Kier molecular flexibility index (Phi) is 5.25. The normalized spacial score (nSPS) is 12.2. The van der Waals surface area contributed by atoms with Gasteiger partial charge in [-0.15, -0.1) is 0 Å². The van der Waals surface area contributed by atoms with Crippen molar-refractivity contribution in [3.63, 3.8) is 0 Å². The number of aromatic carboxylic acids is 1. The van der Waals surface area contributed by atoms with Crippen LogP contribution in [0.25, 0.3) is 0 Å². The van der Waals surface area contributed by atoms with Gasteiger partial charge in [0.2, 0.25) is 0 Å². The van der Waals surface area contributed by atoms with E-state index in [1.807, 2.05) is 6.92 Å². The Labute approximate surface area is 106 Å². The second kappa shape index (κ2) is 6.47. The number of carboxylic acid groups (broad SMARTS) is 1. The van der Waals surface area contributed by atoms with Crippen molar-refractivity contribution in [2.45, 2.75) is 19.4 Å². The maximum absolute atomic E-state index is 11.0. The lowest BCUT2D eigenvalue weighted by Gasteiger charge is -2.16. The predicted molar refractivity (Wildman–Crippen MR) is 68.0 cm³/mol. The predicted octanol–water partition coefficient (Wildman–Crippen LogP) is 2.88. The van der Waals surface area contributed by atoms with Gasteiger partial charge in [-0.2, -0.15) is 0 Å². The number of nitrogens with one attached hydrogen (secondary N) is 1. The molecule has 0 heterocycles. The molecule has 4 nitrogen and oxygen atoms in total. The number of carbonyl (C=O) groups is 1. The average molecular weight is 258 g/mol. The molecule has 2 N–H and O–H groups in total. The molecular weight excluding hydrogens is 242 g/mol. The number of benzene rings is 1. The molecule has 17 heavy (non-hydrogen) atoms. The molecule has 1 rings (SSSR count). The van der Waals surface area contributed by atoms with E-state index < -0.39 is 5.97 Å². The van der Waals surface area contributed by atoms with Crippen molar-refractivity contribution in [3.8, 4) is 0 Å². The summed E-state index contributed by atoms with van der Waals surface area (Å²) in [6.45, 7) is 2.60. The average Bonchev–Trinajstić information content (AvgIpc) is 2.28.